The van der Waals surface area contributed by atoms with E-state index < -0.39 is 0 Å². The first-order chi connectivity index (χ1) is 13.2. The van der Waals surface area contributed by atoms with E-state index in [4.69, 9.17) is 0 Å². The average Bonchev–Trinajstić information content (AvgIpc) is 3.16. The highest BCUT2D eigenvalue weighted by Crippen LogP contribution is 2.24. The van der Waals surface area contributed by atoms with E-state index in [1.807, 2.05) is 48.7 Å². The number of aryl methyl sites for hydroxylation is 1. The molecule has 27 heavy (non-hydrogen) atoms. The van der Waals surface area contributed by atoms with Crippen LogP contribution in [0, 0.1) is 25.2 Å². The number of benzene rings is 2. The zero-order valence-electron chi connectivity index (χ0n) is 15.3. The van der Waals surface area contributed by atoms with E-state index in [2.05, 4.69) is 45.7 Å². The average molecular weight is 353 g/mol. The molecule has 4 aromatic rings. The molecule has 132 valence electrons. The third-order valence-corrected chi connectivity index (χ3v) is 4.79. The third-order valence-electron chi connectivity index (χ3n) is 4.79. The number of nitrogens with zero attached hydrogens (tertiary/aromatic N) is 4. The van der Waals surface area contributed by atoms with Crippen LogP contribution in [0.4, 0.5) is 5.82 Å². The summed E-state index contributed by atoms with van der Waals surface area (Å²) in [7, 11) is 0. The van der Waals surface area contributed by atoms with Gasteiger partial charge < -0.3 is 5.32 Å². The van der Waals surface area contributed by atoms with Crippen LogP contribution < -0.4 is 5.32 Å². The largest absolute Gasteiger partial charge is 0.366 e. The summed E-state index contributed by atoms with van der Waals surface area (Å²) >= 11 is 0. The Hall–Kier alpha value is -3.65. The maximum Gasteiger partial charge on any atom is 0.157 e. The summed E-state index contributed by atoms with van der Waals surface area (Å²) in [6.45, 7) is 4.74. The number of hydrogen-bond acceptors (Lipinski definition) is 4. The Morgan fingerprint density at radius 1 is 1.04 bits per heavy atom. The van der Waals surface area contributed by atoms with Crippen LogP contribution in [0.15, 0.2) is 60.8 Å². The van der Waals surface area contributed by atoms with Gasteiger partial charge in [-0.2, -0.15) is 14.9 Å². The maximum atomic E-state index is 9.29. The molecule has 1 N–H and O–H groups in total. The van der Waals surface area contributed by atoms with E-state index in [0.29, 0.717) is 12.1 Å². The molecule has 2 heterocycles. The molecule has 0 fully saturated rings. The molecule has 0 amide bonds. The van der Waals surface area contributed by atoms with Crippen molar-refractivity contribution in [3.63, 3.8) is 0 Å². The topological polar surface area (TPSA) is 66.0 Å². The van der Waals surface area contributed by atoms with E-state index in [-0.39, 0.29) is 0 Å². The number of nitrogens with one attached hydrogen (secondary N) is 1. The number of anilines is 1. The zero-order chi connectivity index (χ0) is 18.8. The van der Waals surface area contributed by atoms with Gasteiger partial charge in [0.1, 0.15) is 5.82 Å². The van der Waals surface area contributed by atoms with Crippen LogP contribution in [-0.2, 0) is 6.54 Å². The first-order valence-electron chi connectivity index (χ1n) is 8.80. The normalized spacial score (nSPS) is 10.7. The van der Waals surface area contributed by atoms with E-state index in [9.17, 15) is 5.26 Å². The first-order valence-corrected chi connectivity index (χ1v) is 8.80. The Kier molecular flexibility index (Phi) is 4.31. The Morgan fingerprint density at radius 2 is 1.81 bits per heavy atom. The van der Waals surface area contributed by atoms with Gasteiger partial charge in [0.2, 0.25) is 0 Å². The summed E-state index contributed by atoms with van der Waals surface area (Å²) in [4.78, 5) is 4.55. The minimum atomic E-state index is 0.680. The van der Waals surface area contributed by atoms with Gasteiger partial charge in [-0.15, -0.1) is 0 Å². The second-order valence-electron chi connectivity index (χ2n) is 6.48. The molecule has 5 heteroatoms. The Balaban J connectivity index is 1.58. The van der Waals surface area contributed by atoms with Crippen LogP contribution in [-0.4, -0.2) is 14.6 Å². The van der Waals surface area contributed by atoms with E-state index in [1.54, 1.807) is 6.20 Å². The SMILES string of the molecule is Cc1nc2ccnn2c(NCc2ccc(-c3ccccc3C#N)cc2)c1C. The molecule has 2 aromatic heterocycles. The van der Waals surface area contributed by atoms with Gasteiger partial charge in [-0.05, 0) is 36.6 Å². The third kappa shape index (κ3) is 3.13. The van der Waals surface area contributed by atoms with Crippen molar-refractivity contribution in [1.82, 2.24) is 14.6 Å². The zero-order valence-corrected chi connectivity index (χ0v) is 15.3. The number of hydrogen-bond donors (Lipinski definition) is 1. The van der Waals surface area contributed by atoms with Crippen molar-refractivity contribution in [2.75, 3.05) is 5.32 Å². The van der Waals surface area contributed by atoms with Crippen molar-refractivity contribution in [3.8, 4) is 17.2 Å². The summed E-state index contributed by atoms with van der Waals surface area (Å²) in [6, 6.07) is 20.1. The summed E-state index contributed by atoms with van der Waals surface area (Å²) in [5.41, 5.74) is 6.76. The number of aromatic nitrogens is 3. The molecule has 0 aliphatic carbocycles. The molecule has 2 aromatic carbocycles. The fourth-order valence-corrected chi connectivity index (χ4v) is 3.17. The molecule has 5 nitrogen and oxygen atoms in total. The van der Waals surface area contributed by atoms with Crippen molar-refractivity contribution >= 4 is 11.5 Å². The predicted molar refractivity (Wildman–Crippen MR) is 106 cm³/mol. The molecule has 0 radical (unpaired) electrons. The van der Waals surface area contributed by atoms with Crippen LogP contribution in [0.2, 0.25) is 0 Å². The molecule has 0 aliphatic rings. The molecular formula is C22H19N5. The molecule has 0 bridgehead atoms. The lowest BCUT2D eigenvalue weighted by atomic mass is 9.99. The Labute approximate surface area is 157 Å². The van der Waals surface area contributed by atoms with Gasteiger partial charge in [0.25, 0.3) is 0 Å². The van der Waals surface area contributed by atoms with E-state index in [0.717, 1.165) is 39.4 Å². The molecule has 0 unspecified atom stereocenters. The lowest BCUT2D eigenvalue weighted by Crippen LogP contribution is -2.09. The second-order valence-corrected chi connectivity index (χ2v) is 6.48. The van der Waals surface area contributed by atoms with Gasteiger partial charge in [0.05, 0.1) is 17.8 Å². The van der Waals surface area contributed by atoms with Gasteiger partial charge in [-0.1, -0.05) is 42.5 Å². The summed E-state index contributed by atoms with van der Waals surface area (Å²) in [5, 5.41) is 17.1. The van der Waals surface area contributed by atoms with Gasteiger partial charge >= 0.3 is 0 Å². The minimum Gasteiger partial charge on any atom is -0.366 e. The summed E-state index contributed by atoms with van der Waals surface area (Å²) < 4.78 is 1.83. The van der Waals surface area contributed by atoms with Crippen molar-refractivity contribution in [2.24, 2.45) is 0 Å². The van der Waals surface area contributed by atoms with E-state index >= 15 is 0 Å². The van der Waals surface area contributed by atoms with Crippen molar-refractivity contribution in [3.05, 3.63) is 83.2 Å². The summed E-state index contributed by atoms with van der Waals surface area (Å²) in [6.07, 6.45) is 1.76. The lowest BCUT2D eigenvalue weighted by molar-refractivity contribution is 0.904. The minimum absolute atomic E-state index is 0.680. The standard InChI is InChI=1S/C22H19N5/c1-15-16(2)26-21-11-12-25-27(21)22(15)24-14-17-7-9-18(10-8-17)20-6-4-3-5-19(20)13-23/h3-12,24H,14H2,1-2H3. The van der Waals surface area contributed by atoms with Crippen LogP contribution in [0.25, 0.3) is 16.8 Å². The molecule has 0 spiro atoms. The van der Waals surface area contributed by atoms with Crippen LogP contribution in [0.3, 0.4) is 0 Å². The molecule has 0 saturated heterocycles. The molecular weight excluding hydrogens is 334 g/mol. The first kappa shape index (κ1) is 16.8. The fourth-order valence-electron chi connectivity index (χ4n) is 3.17. The number of nitriles is 1. The Bertz CT molecular complexity index is 1150. The van der Waals surface area contributed by atoms with Crippen molar-refractivity contribution in [2.45, 2.75) is 20.4 Å². The van der Waals surface area contributed by atoms with Crippen LogP contribution in [0.1, 0.15) is 22.4 Å². The smallest absolute Gasteiger partial charge is 0.157 e. The monoisotopic (exact) mass is 353 g/mol. The number of fused-ring (bicyclic) bond motifs is 1. The van der Waals surface area contributed by atoms with Crippen molar-refractivity contribution < 1.29 is 0 Å². The Morgan fingerprint density at radius 3 is 2.59 bits per heavy atom. The molecule has 0 atom stereocenters. The van der Waals surface area contributed by atoms with Gasteiger partial charge in [-0.3, -0.25) is 0 Å². The van der Waals surface area contributed by atoms with E-state index in [1.165, 1.54) is 0 Å². The highest BCUT2D eigenvalue weighted by molar-refractivity contribution is 5.70. The second kappa shape index (κ2) is 6.93. The predicted octanol–water partition coefficient (Wildman–Crippen LogP) is 4.50. The van der Waals surface area contributed by atoms with Gasteiger partial charge in [0.15, 0.2) is 5.65 Å². The van der Waals surface area contributed by atoms with Crippen LogP contribution in [0.5, 0.6) is 0 Å². The molecule has 4 rings (SSSR count). The highest BCUT2D eigenvalue weighted by atomic mass is 15.3. The van der Waals surface area contributed by atoms with Crippen molar-refractivity contribution in [1.29, 1.82) is 5.26 Å². The fraction of sp³-hybridized carbons (Fsp3) is 0.136. The van der Waals surface area contributed by atoms with Crippen LogP contribution >= 0.6 is 0 Å². The molecule has 0 aliphatic heterocycles. The summed E-state index contributed by atoms with van der Waals surface area (Å²) in [5.74, 6) is 0.960. The number of rotatable bonds is 4. The van der Waals surface area contributed by atoms with Gasteiger partial charge in [0, 0.05) is 23.9 Å². The molecule has 0 saturated carbocycles. The quantitative estimate of drug-likeness (QED) is 0.587. The highest BCUT2D eigenvalue weighted by Gasteiger charge is 2.10. The lowest BCUT2D eigenvalue weighted by Gasteiger charge is -2.13. The maximum absolute atomic E-state index is 9.29. The van der Waals surface area contributed by atoms with Gasteiger partial charge in [-0.25, -0.2) is 4.98 Å².